The predicted octanol–water partition coefficient (Wildman–Crippen LogP) is 3.37. The van der Waals surface area contributed by atoms with E-state index in [-0.39, 0.29) is 11.9 Å². The van der Waals surface area contributed by atoms with Gasteiger partial charge in [-0.3, -0.25) is 11.3 Å². The van der Waals surface area contributed by atoms with Crippen LogP contribution < -0.4 is 11.3 Å². The quantitative estimate of drug-likeness (QED) is 0.660. The number of fused-ring (bicyclic) bond motifs is 1. The number of nitrogens with two attached hydrogens (primary N) is 1. The Kier molecular flexibility index (Phi) is 3.55. The van der Waals surface area contributed by atoms with E-state index in [4.69, 9.17) is 5.84 Å². The molecule has 2 nitrogen and oxygen atoms in total. The Morgan fingerprint density at radius 3 is 2.80 bits per heavy atom. The van der Waals surface area contributed by atoms with Gasteiger partial charge in [0.2, 0.25) is 0 Å². The van der Waals surface area contributed by atoms with Crippen LogP contribution in [0, 0.1) is 12.7 Å². The minimum absolute atomic E-state index is 0.0113. The van der Waals surface area contributed by atoms with Crippen molar-refractivity contribution in [3.8, 4) is 0 Å². The minimum Gasteiger partial charge on any atom is -0.271 e. The molecule has 0 bridgehead atoms. The second-order valence-electron chi connectivity index (χ2n) is 5.62. The van der Waals surface area contributed by atoms with Gasteiger partial charge >= 0.3 is 0 Å². The molecule has 2 aromatic rings. The van der Waals surface area contributed by atoms with Crippen LogP contribution in [-0.2, 0) is 6.42 Å². The molecular formula is C17H19FN2. The van der Waals surface area contributed by atoms with Crippen molar-refractivity contribution in [3.05, 3.63) is 70.5 Å². The molecule has 0 aromatic heterocycles. The number of halogens is 1. The fourth-order valence-corrected chi connectivity index (χ4v) is 3.12. The van der Waals surface area contributed by atoms with Crippen LogP contribution in [0.2, 0.25) is 0 Å². The molecule has 20 heavy (non-hydrogen) atoms. The highest BCUT2D eigenvalue weighted by molar-refractivity contribution is 5.40. The van der Waals surface area contributed by atoms with Crippen LogP contribution in [0.25, 0.3) is 0 Å². The van der Waals surface area contributed by atoms with E-state index >= 15 is 0 Å². The molecule has 104 valence electrons. The van der Waals surface area contributed by atoms with Gasteiger partial charge in [-0.05, 0) is 60.1 Å². The van der Waals surface area contributed by atoms with Gasteiger partial charge in [-0.1, -0.05) is 30.3 Å². The van der Waals surface area contributed by atoms with E-state index < -0.39 is 0 Å². The van der Waals surface area contributed by atoms with Gasteiger partial charge in [0.1, 0.15) is 5.82 Å². The smallest absolute Gasteiger partial charge is 0.123 e. The first-order chi connectivity index (χ1) is 9.67. The summed E-state index contributed by atoms with van der Waals surface area (Å²) in [5, 5.41) is 0. The molecule has 0 heterocycles. The summed E-state index contributed by atoms with van der Waals surface area (Å²) in [7, 11) is 0. The summed E-state index contributed by atoms with van der Waals surface area (Å²) >= 11 is 0. The highest BCUT2D eigenvalue weighted by Crippen LogP contribution is 2.40. The first-order valence-electron chi connectivity index (χ1n) is 6.98. The van der Waals surface area contributed by atoms with Gasteiger partial charge < -0.3 is 0 Å². The lowest BCUT2D eigenvalue weighted by atomic mass is 9.74. The Labute approximate surface area is 118 Å². The molecule has 0 amide bonds. The second-order valence-corrected chi connectivity index (χ2v) is 5.62. The van der Waals surface area contributed by atoms with Crippen molar-refractivity contribution in [1.29, 1.82) is 0 Å². The minimum atomic E-state index is -0.200. The zero-order valence-corrected chi connectivity index (χ0v) is 11.6. The Morgan fingerprint density at radius 2 is 2.10 bits per heavy atom. The number of benzene rings is 2. The fraction of sp³-hybridized carbons (Fsp3) is 0.294. The van der Waals surface area contributed by atoms with Gasteiger partial charge in [0.25, 0.3) is 0 Å². The first kappa shape index (κ1) is 13.3. The number of aryl methyl sites for hydroxylation is 1. The van der Waals surface area contributed by atoms with Crippen LogP contribution in [0.5, 0.6) is 0 Å². The standard InChI is InChI=1S/C17H19FN2/c1-11-6-14(9-15(18)7-11)17(20-19)10-13-8-12-4-2-3-5-16(12)13/h2-7,9,13,17,20H,8,10,19H2,1H3. The molecule has 2 aromatic carbocycles. The summed E-state index contributed by atoms with van der Waals surface area (Å²) in [4.78, 5) is 0. The van der Waals surface area contributed by atoms with E-state index in [0.717, 1.165) is 24.0 Å². The number of hydrogen-bond donors (Lipinski definition) is 2. The SMILES string of the molecule is Cc1cc(F)cc(C(CC2Cc3ccccc32)NN)c1. The molecule has 0 spiro atoms. The monoisotopic (exact) mass is 270 g/mol. The lowest BCUT2D eigenvalue weighted by Crippen LogP contribution is -2.31. The van der Waals surface area contributed by atoms with E-state index in [9.17, 15) is 4.39 Å². The molecule has 0 saturated heterocycles. The third kappa shape index (κ3) is 2.47. The first-order valence-corrected chi connectivity index (χ1v) is 6.98. The molecule has 3 rings (SSSR count). The molecule has 2 atom stereocenters. The summed E-state index contributed by atoms with van der Waals surface area (Å²) in [6.07, 6.45) is 1.99. The highest BCUT2D eigenvalue weighted by Gasteiger charge is 2.28. The van der Waals surface area contributed by atoms with E-state index in [2.05, 4.69) is 29.7 Å². The van der Waals surface area contributed by atoms with E-state index in [1.807, 2.05) is 13.0 Å². The van der Waals surface area contributed by atoms with Crippen LogP contribution in [0.15, 0.2) is 42.5 Å². The Morgan fingerprint density at radius 1 is 1.30 bits per heavy atom. The summed E-state index contributed by atoms with van der Waals surface area (Å²) in [6.45, 7) is 1.90. The summed E-state index contributed by atoms with van der Waals surface area (Å²) in [5.74, 6) is 5.99. The van der Waals surface area contributed by atoms with Crippen molar-refractivity contribution in [2.75, 3.05) is 0 Å². The maximum atomic E-state index is 13.5. The third-order valence-electron chi connectivity index (χ3n) is 4.15. The van der Waals surface area contributed by atoms with Crippen molar-refractivity contribution in [2.45, 2.75) is 31.7 Å². The molecule has 2 unspecified atom stereocenters. The normalized spacial score (nSPS) is 18.2. The largest absolute Gasteiger partial charge is 0.271 e. The molecule has 0 radical (unpaired) electrons. The van der Waals surface area contributed by atoms with Crippen LogP contribution in [0.4, 0.5) is 4.39 Å². The fourth-order valence-electron chi connectivity index (χ4n) is 3.12. The zero-order chi connectivity index (χ0) is 14.1. The lowest BCUT2D eigenvalue weighted by Gasteiger charge is -2.33. The molecule has 3 N–H and O–H groups in total. The van der Waals surface area contributed by atoms with Crippen molar-refractivity contribution >= 4 is 0 Å². The molecule has 0 fully saturated rings. The molecule has 0 saturated carbocycles. The van der Waals surface area contributed by atoms with Gasteiger partial charge in [-0.2, -0.15) is 0 Å². The maximum absolute atomic E-state index is 13.5. The van der Waals surface area contributed by atoms with Crippen LogP contribution in [-0.4, -0.2) is 0 Å². The number of nitrogens with one attached hydrogen (secondary N) is 1. The number of rotatable bonds is 4. The van der Waals surface area contributed by atoms with Crippen LogP contribution >= 0.6 is 0 Å². The predicted molar refractivity (Wildman–Crippen MR) is 78.7 cm³/mol. The summed E-state index contributed by atoms with van der Waals surface area (Å²) in [5.41, 5.74) is 7.51. The summed E-state index contributed by atoms with van der Waals surface area (Å²) < 4.78 is 13.5. The Balaban J connectivity index is 1.79. The lowest BCUT2D eigenvalue weighted by molar-refractivity contribution is 0.433. The molecule has 0 aliphatic heterocycles. The maximum Gasteiger partial charge on any atom is 0.123 e. The van der Waals surface area contributed by atoms with Gasteiger partial charge in [0.15, 0.2) is 0 Å². The van der Waals surface area contributed by atoms with Crippen LogP contribution in [0.3, 0.4) is 0 Å². The molecule has 1 aliphatic rings. The third-order valence-corrected chi connectivity index (χ3v) is 4.15. The van der Waals surface area contributed by atoms with Crippen molar-refractivity contribution in [2.24, 2.45) is 5.84 Å². The summed E-state index contributed by atoms with van der Waals surface area (Å²) in [6, 6.07) is 13.6. The van der Waals surface area contributed by atoms with Crippen molar-refractivity contribution in [1.82, 2.24) is 5.43 Å². The van der Waals surface area contributed by atoms with Crippen molar-refractivity contribution < 1.29 is 4.39 Å². The average molecular weight is 270 g/mol. The molecular weight excluding hydrogens is 251 g/mol. The van der Waals surface area contributed by atoms with Gasteiger partial charge in [0, 0.05) is 6.04 Å². The van der Waals surface area contributed by atoms with Crippen LogP contribution in [0.1, 0.15) is 40.6 Å². The Bertz CT molecular complexity index is 604. The van der Waals surface area contributed by atoms with E-state index in [0.29, 0.717) is 5.92 Å². The highest BCUT2D eigenvalue weighted by atomic mass is 19.1. The molecule has 3 heteroatoms. The second kappa shape index (κ2) is 5.35. The number of hydrazine groups is 1. The molecule has 1 aliphatic carbocycles. The van der Waals surface area contributed by atoms with E-state index in [1.165, 1.54) is 17.2 Å². The van der Waals surface area contributed by atoms with Gasteiger partial charge in [-0.15, -0.1) is 0 Å². The van der Waals surface area contributed by atoms with Gasteiger partial charge in [-0.25, -0.2) is 4.39 Å². The van der Waals surface area contributed by atoms with Gasteiger partial charge in [0.05, 0.1) is 0 Å². The topological polar surface area (TPSA) is 38.0 Å². The average Bonchev–Trinajstić information content (AvgIpc) is 2.39. The van der Waals surface area contributed by atoms with Crippen molar-refractivity contribution in [3.63, 3.8) is 0 Å². The number of hydrogen-bond acceptors (Lipinski definition) is 2. The van der Waals surface area contributed by atoms with E-state index in [1.54, 1.807) is 6.07 Å². The Hall–Kier alpha value is -1.71. The zero-order valence-electron chi connectivity index (χ0n) is 11.6.